The van der Waals surface area contributed by atoms with Crippen LogP contribution in [-0.4, -0.2) is 45.1 Å². The van der Waals surface area contributed by atoms with Crippen LogP contribution in [0.5, 0.6) is 0 Å². The van der Waals surface area contributed by atoms with E-state index in [1.807, 2.05) is 24.3 Å². The van der Waals surface area contributed by atoms with E-state index in [0.717, 1.165) is 23.9 Å². The third-order valence-corrected chi connectivity index (χ3v) is 3.65. The number of aliphatic hydroxyl groups is 1. The average molecular weight is 271 g/mol. The molecule has 0 spiro atoms. The Kier molecular flexibility index (Phi) is 3.60. The summed E-state index contributed by atoms with van der Waals surface area (Å²) in [6, 6.07) is 7.51. The maximum atomic E-state index is 12.4. The van der Waals surface area contributed by atoms with Gasteiger partial charge >= 0.3 is 0 Å². The second kappa shape index (κ2) is 5.54. The number of fused-ring (bicyclic) bond motifs is 1. The summed E-state index contributed by atoms with van der Waals surface area (Å²) in [6.07, 6.45) is 3.45. The number of para-hydroxylation sites is 2. The van der Waals surface area contributed by atoms with Crippen LogP contribution in [0, 0.1) is 0 Å². The first-order chi connectivity index (χ1) is 9.74. The summed E-state index contributed by atoms with van der Waals surface area (Å²) in [6.45, 7) is 1.25. The summed E-state index contributed by atoms with van der Waals surface area (Å²) in [4.78, 5) is 22.9. The summed E-state index contributed by atoms with van der Waals surface area (Å²) in [5.41, 5.74) is 1.89. The van der Waals surface area contributed by atoms with Gasteiger partial charge in [0.25, 0.3) is 5.91 Å². The molecule has 1 saturated heterocycles. The standard InChI is InChI=1S/C15H17N3O2/c19-11-4-3-8-18(9-7-11)15(20)14-10-16-12-5-1-2-6-13(12)17-14/h1-2,5-6,10-11,19H,3-4,7-9H2/t11-/m0/s1. The van der Waals surface area contributed by atoms with Gasteiger partial charge in [0.1, 0.15) is 5.69 Å². The van der Waals surface area contributed by atoms with Gasteiger partial charge in [-0.1, -0.05) is 12.1 Å². The van der Waals surface area contributed by atoms with Crippen LogP contribution in [-0.2, 0) is 0 Å². The van der Waals surface area contributed by atoms with Crippen LogP contribution < -0.4 is 0 Å². The molecule has 5 heteroatoms. The molecule has 2 heterocycles. The van der Waals surface area contributed by atoms with Crippen molar-refractivity contribution in [3.8, 4) is 0 Å². The van der Waals surface area contributed by atoms with Crippen molar-refractivity contribution in [2.45, 2.75) is 25.4 Å². The van der Waals surface area contributed by atoms with Crippen molar-refractivity contribution in [3.63, 3.8) is 0 Å². The number of benzene rings is 1. The number of nitrogens with zero attached hydrogens (tertiary/aromatic N) is 3. The Morgan fingerprint density at radius 2 is 2.00 bits per heavy atom. The lowest BCUT2D eigenvalue weighted by atomic mass is 10.2. The van der Waals surface area contributed by atoms with E-state index in [1.165, 1.54) is 6.20 Å². The van der Waals surface area contributed by atoms with Gasteiger partial charge in [0, 0.05) is 13.1 Å². The molecule has 3 rings (SSSR count). The van der Waals surface area contributed by atoms with Gasteiger partial charge in [-0.3, -0.25) is 9.78 Å². The predicted octanol–water partition coefficient (Wildman–Crippen LogP) is 1.62. The predicted molar refractivity (Wildman–Crippen MR) is 75.3 cm³/mol. The number of rotatable bonds is 1. The number of likely N-dealkylation sites (tertiary alicyclic amines) is 1. The highest BCUT2D eigenvalue weighted by Gasteiger charge is 2.21. The topological polar surface area (TPSA) is 66.3 Å². The molecule has 1 atom stereocenters. The van der Waals surface area contributed by atoms with Crippen molar-refractivity contribution in [1.29, 1.82) is 0 Å². The van der Waals surface area contributed by atoms with E-state index in [-0.39, 0.29) is 12.0 Å². The highest BCUT2D eigenvalue weighted by molar-refractivity contribution is 5.93. The lowest BCUT2D eigenvalue weighted by Crippen LogP contribution is -2.32. The molecule has 5 nitrogen and oxygen atoms in total. The Bertz CT molecular complexity index is 629. The Hall–Kier alpha value is -2.01. The number of hydrogen-bond acceptors (Lipinski definition) is 4. The molecule has 1 aromatic heterocycles. The number of hydrogen-bond donors (Lipinski definition) is 1. The van der Waals surface area contributed by atoms with Crippen LogP contribution in [0.4, 0.5) is 0 Å². The molecule has 1 aromatic carbocycles. The van der Waals surface area contributed by atoms with Gasteiger partial charge in [0.2, 0.25) is 0 Å². The fourth-order valence-corrected chi connectivity index (χ4v) is 2.50. The molecule has 0 saturated carbocycles. The highest BCUT2D eigenvalue weighted by Crippen LogP contribution is 2.14. The quantitative estimate of drug-likeness (QED) is 0.856. The molecular weight excluding hydrogens is 254 g/mol. The van der Waals surface area contributed by atoms with Crippen LogP contribution in [0.15, 0.2) is 30.5 Å². The molecular formula is C15H17N3O2. The molecule has 1 fully saturated rings. The van der Waals surface area contributed by atoms with Crippen molar-refractivity contribution in [3.05, 3.63) is 36.2 Å². The molecule has 1 aliphatic rings. The molecule has 104 valence electrons. The fourth-order valence-electron chi connectivity index (χ4n) is 2.50. The van der Waals surface area contributed by atoms with Crippen molar-refractivity contribution < 1.29 is 9.90 Å². The lowest BCUT2D eigenvalue weighted by molar-refractivity contribution is 0.0747. The number of amides is 1. The van der Waals surface area contributed by atoms with Crippen molar-refractivity contribution >= 4 is 16.9 Å². The third kappa shape index (κ3) is 2.63. The van der Waals surface area contributed by atoms with Gasteiger partial charge in [-0.25, -0.2) is 4.98 Å². The van der Waals surface area contributed by atoms with E-state index in [1.54, 1.807) is 4.90 Å². The summed E-state index contributed by atoms with van der Waals surface area (Å²) < 4.78 is 0. The second-order valence-corrected chi connectivity index (χ2v) is 5.12. The second-order valence-electron chi connectivity index (χ2n) is 5.12. The monoisotopic (exact) mass is 271 g/mol. The van der Waals surface area contributed by atoms with Crippen LogP contribution in [0.25, 0.3) is 11.0 Å². The molecule has 0 aliphatic carbocycles. The number of carbonyl (C=O) groups is 1. The van der Waals surface area contributed by atoms with E-state index in [2.05, 4.69) is 9.97 Å². The average Bonchev–Trinajstić information content (AvgIpc) is 2.71. The Morgan fingerprint density at radius 1 is 1.20 bits per heavy atom. The Labute approximate surface area is 117 Å². The molecule has 0 unspecified atom stereocenters. The van der Waals surface area contributed by atoms with Crippen LogP contribution in [0.1, 0.15) is 29.8 Å². The number of aromatic nitrogens is 2. The lowest BCUT2D eigenvalue weighted by Gasteiger charge is -2.19. The zero-order chi connectivity index (χ0) is 13.9. The van der Waals surface area contributed by atoms with E-state index in [4.69, 9.17) is 0 Å². The molecule has 0 radical (unpaired) electrons. The van der Waals surface area contributed by atoms with Gasteiger partial charge in [-0.15, -0.1) is 0 Å². The molecule has 20 heavy (non-hydrogen) atoms. The zero-order valence-corrected chi connectivity index (χ0v) is 11.2. The minimum absolute atomic E-state index is 0.0997. The Morgan fingerprint density at radius 3 is 2.85 bits per heavy atom. The first-order valence-electron chi connectivity index (χ1n) is 6.93. The largest absolute Gasteiger partial charge is 0.393 e. The van der Waals surface area contributed by atoms with Gasteiger partial charge in [0.05, 0.1) is 23.3 Å². The van der Waals surface area contributed by atoms with Gasteiger partial charge in [0.15, 0.2) is 0 Å². The van der Waals surface area contributed by atoms with Crippen molar-refractivity contribution in [1.82, 2.24) is 14.9 Å². The summed E-state index contributed by atoms with van der Waals surface area (Å²) in [7, 11) is 0. The SMILES string of the molecule is O=C(c1cnc2ccccc2n1)N1CCC[C@H](O)CC1. The summed E-state index contributed by atoms with van der Waals surface area (Å²) >= 11 is 0. The maximum Gasteiger partial charge on any atom is 0.274 e. The Balaban J connectivity index is 1.84. The molecule has 1 N–H and O–H groups in total. The molecule has 2 aromatic rings. The fraction of sp³-hybridized carbons (Fsp3) is 0.400. The first-order valence-corrected chi connectivity index (χ1v) is 6.93. The normalized spacial score (nSPS) is 19.9. The van der Waals surface area contributed by atoms with Gasteiger partial charge < -0.3 is 10.0 Å². The van der Waals surface area contributed by atoms with Crippen LogP contribution >= 0.6 is 0 Å². The number of aliphatic hydroxyl groups excluding tert-OH is 1. The first kappa shape index (κ1) is 13.0. The van der Waals surface area contributed by atoms with Crippen molar-refractivity contribution in [2.24, 2.45) is 0 Å². The van der Waals surface area contributed by atoms with Crippen LogP contribution in [0.3, 0.4) is 0 Å². The molecule has 0 bridgehead atoms. The zero-order valence-electron chi connectivity index (χ0n) is 11.2. The van der Waals surface area contributed by atoms with Gasteiger partial charge in [-0.2, -0.15) is 0 Å². The maximum absolute atomic E-state index is 12.4. The van der Waals surface area contributed by atoms with Crippen molar-refractivity contribution in [2.75, 3.05) is 13.1 Å². The van der Waals surface area contributed by atoms with E-state index in [9.17, 15) is 9.90 Å². The summed E-state index contributed by atoms with van der Waals surface area (Å²) in [5.74, 6) is -0.0997. The van der Waals surface area contributed by atoms with E-state index >= 15 is 0 Å². The third-order valence-electron chi connectivity index (χ3n) is 3.65. The van der Waals surface area contributed by atoms with Crippen LogP contribution in [0.2, 0.25) is 0 Å². The van der Waals surface area contributed by atoms with E-state index < -0.39 is 0 Å². The molecule has 1 aliphatic heterocycles. The highest BCUT2D eigenvalue weighted by atomic mass is 16.3. The van der Waals surface area contributed by atoms with E-state index in [0.29, 0.717) is 25.2 Å². The smallest absolute Gasteiger partial charge is 0.274 e. The number of carbonyl (C=O) groups excluding carboxylic acids is 1. The molecule has 1 amide bonds. The van der Waals surface area contributed by atoms with Gasteiger partial charge in [-0.05, 0) is 31.4 Å². The minimum atomic E-state index is -0.296. The summed E-state index contributed by atoms with van der Waals surface area (Å²) in [5, 5.41) is 9.63. The minimum Gasteiger partial charge on any atom is -0.393 e.